The van der Waals surface area contributed by atoms with Crippen molar-refractivity contribution in [3.63, 3.8) is 0 Å². The van der Waals surface area contributed by atoms with E-state index in [-0.39, 0.29) is 0 Å². The van der Waals surface area contributed by atoms with Gasteiger partial charge in [-0.3, -0.25) is 0 Å². The van der Waals surface area contributed by atoms with Gasteiger partial charge < -0.3 is 4.42 Å². The van der Waals surface area contributed by atoms with E-state index in [2.05, 4.69) is 64.1 Å². The zero-order valence-electron chi connectivity index (χ0n) is 14.7. The second kappa shape index (κ2) is 5.86. The number of aryl methyl sites for hydroxylation is 2. The predicted molar refractivity (Wildman–Crippen MR) is 104 cm³/mol. The van der Waals surface area contributed by atoms with Crippen molar-refractivity contribution in [2.75, 3.05) is 0 Å². The molecule has 24 heavy (non-hydrogen) atoms. The van der Waals surface area contributed by atoms with Gasteiger partial charge in [0.2, 0.25) is 0 Å². The van der Waals surface area contributed by atoms with Gasteiger partial charge in [-0.1, -0.05) is 36.4 Å². The molecule has 0 N–H and O–H groups in total. The van der Waals surface area contributed by atoms with Crippen molar-refractivity contribution in [3.05, 3.63) is 70.2 Å². The molecule has 122 valence electrons. The van der Waals surface area contributed by atoms with Crippen LogP contribution in [0.2, 0.25) is 0 Å². The highest BCUT2D eigenvalue weighted by Crippen LogP contribution is 2.44. The summed E-state index contributed by atoms with van der Waals surface area (Å²) in [6.45, 7) is 8.67. The highest BCUT2D eigenvalue weighted by atomic mass is 32.2. The van der Waals surface area contributed by atoms with Crippen LogP contribution in [0.25, 0.3) is 22.3 Å². The van der Waals surface area contributed by atoms with Gasteiger partial charge in [0, 0.05) is 22.6 Å². The van der Waals surface area contributed by atoms with Gasteiger partial charge in [-0.15, -0.1) is 0 Å². The maximum absolute atomic E-state index is 6.09. The van der Waals surface area contributed by atoms with Crippen molar-refractivity contribution in [1.82, 2.24) is 0 Å². The summed E-state index contributed by atoms with van der Waals surface area (Å²) in [6.07, 6.45) is 0. The fraction of sp³-hybridized carbons (Fsp3) is 0.273. The van der Waals surface area contributed by atoms with Gasteiger partial charge in [0.05, 0.1) is 0 Å². The summed E-state index contributed by atoms with van der Waals surface area (Å²) in [4.78, 5) is 0. The Bertz CT molecular complexity index is 859. The summed E-state index contributed by atoms with van der Waals surface area (Å²) in [5.74, 6) is 4.13. The molecule has 1 aliphatic rings. The van der Waals surface area contributed by atoms with E-state index in [1.165, 1.54) is 44.5 Å². The molecule has 2 aromatic carbocycles. The molecule has 0 amide bonds. The Kier molecular flexibility index (Phi) is 3.80. The van der Waals surface area contributed by atoms with Gasteiger partial charge >= 0.3 is 0 Å². The van der Waals surface area contributed by atoms with Gasteiger partial charge in [0.1, 0.15) is 11.5 Å². The van der Waals surface area contributed by atoms with Crippen LogP contribution in [0.5, 0.6) is 0 Å². The third-order valence-corrected chi connectivity index (χ3v) is 6.24. The lowest BCUT2D eigenvalue weighted by Gasteiger charge is -2.13. The van der Waals surface area contributed by atoms with Crippen molar-refractivity contribution < 1.29 is 4.42 Å². The molecule has 0 saturated carbocycles. The Morgan fingerprint density at radius 3 is 1.62 bits per heavy atom. The van der Waals surface area contributed by atoms with Crippen LogP contribution in [0, 0.1) is 27.7 Å². The predicted octanol–water partition coefficient (Wildman–Crippen LogP) is 6.59. The van der Waals surface area contributed by atoms with Gasteiger partial charge in [-0.25, -0.2) is 0 Å². The molecule has 0 saturated heterocycles. The number of rotatable bonds is 0. The van der Waals surface area contributed by atoms with Crippen molar-refractivity contribution in [2.24, 2.45) is 0 Å². The van der Waals surface area contributed by atoms with E-state index in [9.17, 15) is 0 Å². The van der Waals surface area contributed by atoms with Crippen LogP contribution in [-0.4, -0.2) is 0 Å². The fourth-order valence-electron chi connectivity index (χ4n) is 3.82. The van der Waals surface area contributed by atoms with Gasteiger partial charge in [-0.2, -0.15) is 11.8 Å². The smallest absolute Gasteiger partial charge is 0.109 e. The average Bonchev–Trinajstić information content (AvgIpc) is 2.84. The highest BCUT2D eigenvalue weighted by molar-refractivity contribution is 7.97. The summed E-state index contributed by atoms with van der Waals surface area (Å²) in [5, 5.41) is 0. The second-order valence-electron chi connectivity index (χ2n) is 6.64. The molecule has 3 aromatic rings. The second-order valence-corrected chi connectivity index (χ2v) is 7.62. The lowest BCUT2D eigenvalue weighted by atomic mass is 9.88. The first-order valence-electron chi connectivity index (χ1n) is 8.43. The van der Waals surface area contributed by atoms with E-state index in [0.717, 1.165) is 23.0 Å². The van der Waals surface area contributed by atoms with E-state index in [4.69, 9.17) is 4.42 Å². The Labute approximate surface area is 148 Å². The average molecular weight is 334 g/mol. The summed E-state index contributed by atoms with van der Waals surface area (Å²) in [7, 11) is 0. The molecular formula is C22H22OS. The monoisotopic (exact) mass is 334 g/mol. The number of benzene rings is 2. The SMILES string of the molecule is Cc1oc(C)c2c1-c1cccc(c1C)CSCc1cccc-2c1C. The van der Waals surface area contributed by atoms with Gasteiger partial charge in [0.25, 0.3) is 0 Å². The number of hydrogen-bond donors (Lipinski definition) is 0. The first kappa shape index (κ1) is 15.6. The number of hydrogen-bond acceptors (Lipinski definition) is 2. The molecule has 0 unspecified atom stereocenters. The van der Waals surface area contributed by atoms with Gasteiger partial charge in [0.15, 0.2) is 0 Å². The first-order valence-corrected chi connectivity index (χ1v) is 9.59. The van der Waals surface area contributed by atoms with Crippen molar-refractivity contribution in [3.8, 4) is 22.3 Å². The minimum atomic E-state index is 1.01. The highest BCUT2D eigenvalue weighted by Gasteiger charge is 2.22. The summed E-state index contributed by atoms with van der Waals surface area (Å²) < 4.78 is 6.09. The van der Waals surface area contributed by atoms with Crippen LogP contribution in [0.4, 0.5) is 0 Å². The maximum atomic E-state index is 6.09. The van der Waals surface area contributed by atoms with E-state index >= 15 is 0 Å². The van der Waals surface area contributed by atoms with Crippen LogP contribution in [0.1, 0.15) is 33.8 Å². The Morgan fingerprint density at radius 2 is 1.17 bits per heavy atom. The van der Waals surface area contributed by atoms with E-state index < -0.39 is 0 Å². The van der Waals surface area contributed by atoms with Crippen LogP contribution < -0.4 is 0 Å². The molecule has 2 heteroatoms. The van der Waals surface area contributed by atoms with Crippen molar-refractivity contribution >= 4 is 11.8 Å². The minimum Gasteiger partial charge on any atom is -0.465 e. The zero-order valence-corrected chi connectivity index (χ0v) is 15.5. The Balaban J connectivity index is 2.12. The standard InChI is InChI=1S/C22H22OS/c1-13-17-7-5-9-19(13)21-15(3)23-16(4)22(21)20-10-6-8-18(14(20)2)12-24-11-17/h5-10H,11-12H2,1-4H3. The molecule has 4 rings (SSSR count). The molecule has 1 aromatic heterocycles. The van der Waals surface area contributed by atoms with E-state index in [1.54, 1.807) is 0 Å². The third-order valence-electron chi connectivity index (χ3n) is 5.21. The largest absolute Gasteiger partial charge is 0.465 e. The summed E-state index contributed by atoms with van der Waals surface area (Å²) in [5.41, 5.74) is 10.8. The van der Waals surface area contributed by atoms with Crippen LogP contribution in [-0.2, 0) is 11.5 Å². The summed E-state index contributed by atoms with van der Waals surface area (Å²) >= 11 is 2.00. The number of thioether (sulfide) groups is 1. The molecular weight excluding hydrogens is 312 g/mol. The molecule has 1 nitrogen and oxygen atoms in total. The lowest BCUT2D eigenvalue weighted by molar-refractivity contribution is 0.506. The topological polar surface area (TPSA) is 13.1 Å². The minimum absolute atomic E-state index is 1.01. The fourth-order valence-corrected chi connectivity index (χ4v) is 4.99. The normalized spacial score (nSPS) is 13.3. The van der Waals surface area contributed by atoms with Crippen LogP contribution in [0.3, 0.4) is 0 Å². The van der Waals surface area contributed by atoms with Crippen molar-refractivity contribution in [1.29, 1.82) is 0 Å². The third kappa shape index (κ3) is 2.32. The zero-order chi connectivity index (χ0) is 16.8. The molecule has 4 bridgehead atoms. The molecule has 0 fully saturated rings. The van der Waals surface area contributed by atoms with Crippen LogP contribution >= 0.6 is 11.8 Å². The van der Waals surface area contributed by atoms with Crippen LogP contribution in [0.15, 0.2) is 40.8 Å². The van der Waals surface area contributed by atoms with Gasteiger partial charge in [-0.05, 0) is 61.1 Å². The molecule has 0 radical (unpaired) electrons. The molecule has 2 heterocycles. The van der Waals surface area contributed by atoms with Crippen molar-refractivity contribution in [2.45, 2.75) is 39.2 Å². The lowest BCUT2D eigenvalue weighted by Crippen LogP contribution is -1.93. The molecule has 1 aliphatic heterocycles. The molecule has 0 aliphatic carbocycles. The molecule has 0 spiro atoms. The summed E-state index contributed by atoms with van der Waals surface area (Å²) in [6, 6.07) is 13.4. The Hall–Kier alpha value is -1.93. The van der Waals surface area contributed by atoms with E-state index in [1.807, 2.05) is 11.8 Å². The van der Waals surface area contributed by atoms with E-state index in [0.29, 0.717) is 0 Å². The molecule has 0 atom stereocenters. The Morgan fingerprint density at radius 1 is 0.708 bits per heavy atom. The number of fused-ring (bicyclic) bond motifs is 7. The first-order chi connectivity index (χ1) is 11.6. The maximum Gasteiger partial charge on any atom is 0.109 e. The quantitative estimate of drug-likeness (QED) is 0.460. The number of furan rings is 1.